The molecular formula is C9H7ClF2O2. The minimum atomic E-state index is -2.92. The average Bonchev–Trinajstić information content (AvgIpc) is 2.09. The van der Waals surface area contributed by atoms with E-state index in [1.54, 1.807) is 0 Å². The van der Waals surface area contributed by atoms with Crippen molar-refractivity contribution in [2.75, 3.05) is 0 Å². The van der Waals surface area contributed by atoms with E-state index in [2.05, 4.69) is 4.74 Å². The number of rotatable bonds is 3. The maximum absolute atomic E-state index is 11.9. The Morgan fingerprint density at radius 3 is 2.64 bits per heavy atom. The van der Waals surface area contributed by atoms with Gasteiger partial charge in [0, 0.05) is 16.1 Å². The van der Waals surface area contributed by atoms with E-state index in [1.807, 2.05) is 0 Å². The lowest BCUT2D eigenvalue weighted by atomic mass is 10.1. The van der Waals surface area contributed by atoms with Gasteiger partial charge in [0.2, 0.25) is 0 Å². The van der Waals surface area contributed by atoms with Crippen LogP contribution in [0.15, 0.2) is 12.1 Å². The van der Waals surface area contributed by atoms with Gasteiger partial charge in [-0.3, -0.25) is 4.79 Å². The highest BCUT2D eigenvalue weighted by molar-refractivity contribution is 6.31. The number of alkyl halides is 2. The molecule has 0 bridgehead atoms. The molecule has 5 heteroatoms. The first kappa shape index (κ1) is 10.9. The summed E-state index contributed by atoms with van der Waals surface area (Å²) in [5.74, 6) is -0.0744. The molecule has 0 N–H and O–H groups in total. The van der Waals surface area contributed by atoms with Gasteiger partial charge in [0.1, 0.15) is 5.75 Å². The van der Waals surface area contributed by atoms with Crippen molar-refractivity contribution >= 4 is 17.9 Å². The fraction of sp³-hybridized carbons (Fsp3) is 0.222. The molecule has 0 heterocycles. The van der Waals surface area contributed by atoms with Gasteiger partial charge in [-0.05, 0) is 19.1 Å². The van der Waals surface area contributed by atoms with E-state index in [1.165, 1.54) is 19.1 Å². The molecule has 0 unspecified atom stereocenters. The average molecular weight is 221 g/mol. The Morgan fingerprint density at radius 1 is 1.50 bits per heavy atom. The highest BCUT2D eigenvalue weighted by Gasteiger charge is 2.11. The van der Waals surface area contributed by atoms with Gasteiger partial charge in [-0.15, -0.1) is 0 Å². The number of benzene rings is 1. The van der Waals surface area contributed by atoms with Crippen molar-refractivity contribution < 1.29 is 18.3 Å². The molecule has 14 heavy (non-hydrogen) atoms. The number of carbonyl (C=O) groups excluding carboxylic acids is 1. The van der Waals surface area contributed by atoms with Gasteiger partial charge in [-0.2, -0.15) is 8.78 Å². The van der Waals surface area contributed by atoms with E-state index in [-0.39, 0.29) is 16.3 Å². The van der Waals surface area contributed by atoms with Crippen LogP contribution in [-0.2, 0) is 0 Å². The number of halogens is 3. The molecule has 0 radical (unpaired) electrons. The molecule has 0 atom stereocenters. The second-order valence-electron chi connectivity index (χ2n) is 2.61. The summed E-state index contributed by atoms with van der Waals surface area (Å²) in [6.07, 6.45) is 0.541. The summed E-state index contributed by atoms with van der Waals surface area (Å²) in [5.41, 5.74) is 0.595. The minimum Gasteiger partial charge on any atom is -0.434 e. The molecule has 0 saturated heterocycles. The number of hydrogen-bond acceptors (Lipinski definition) is 2. The lowest BCUT2D eigenvalue weighted by molar-refractivity contribution is -0.0503. The summed E-state index contributed by atoms with van der Waals surface area (Å²) in [6, 6.07) is 2.64. The van der Waals surface area contributed by atoms with E-state index < -0.39 is 6.61 Å². The Kier molecular flexibility index (Phi) is 3.41. The van der Waals surface area contributed by atoms with Crippen molar-refractivity contribution in [1.29, 1.82) is 0 Å². The van der Waals surface area contributed by atoms with Gasteiger partial charge in [0.15, 0.2) is 6.29 Å². The fourth-order valence-electron chi connectivity index (χ4n) is 1.02. The summed E-state index contributed by atoms with van der Waals surface area (Å²) < 4.78 is 28.0. The lowest BCUT2D eigenvalue weighted by Crippen LogP contribution is -2.04. The molecule has 76 valence electrons. The quantitative estimate of drug-likeness (QED) is 0.732. The van der Waals surface area contributed by atoms with Gasteiger partial charge < -0.3 is 4.74 Å². The van der Waals surface area contributed by atoms with E-state index in [4.69, 9.17) is 11.6 Å². The first-order valence-electron chi connectivity index (χ1n) is 3.74. The standard InChI is InChI=1S/C9H7ClF2O2/c1-5-6(4-13)2-7(10)3-8(5)14-9(11)12/h2-4,9H,1H3. The van der Waals surface area contributed by atoms with Crippen molar-refractivity contribution in [1.82, 2.24) is 0 Å². The van der Waals surface area contributed by atoms with Crippen LogP contribution in [0.1, 0.15) is 15.9 Å². The van der Waals surface area contributed by atoms with E-state index in [0.717, 1.165) is 0 Å². The van der Waals surface area contributed by atoms with Crippen LogP contribution in [0.5, 0.6) is 5.75 Å². The second-order valence-corrected chi connectivity index (χ2v) is 3.05. The Balaban J connectivity index is 3.15. The van der Waals surface area contributed by atoms with Crippen molar-refractivity contribution in [3.8, 4) is 5.75 Å². The third-order valence-electron chi connectivity index (χ3n) is 1.71. The zero-order valence-corrected chi connectivity index (χ0v) is 8.02. The third kappa shape index (κ3) is 2.42. The lowest BCUT2D eigenvalue weighted by Gasteiger charge is -2.09. The molecular weight excluding hydrogens is 214 g/mol. The van der Waals surface area contributed by atoms with Crippen molar-refractivity contribution in [3.63, 3.8) is 0 Å². The zero-order valence-electron chi connectivity index (χ0n) is 7.26. The third-order valence-corrected chi connectivity index (χ3v) is 1.93. The van der Waals surface area contributed by atoms with Gasteiger partial charge in [0.25, 0.3) is 0 Å². The van der Waals surface area contributed by atoms with Crippen molar-refractivity contribution in [2.45, 2.75) is 13.5 Å². The van der Waals surface area contributed by atoms with Crippen LogP contribution in [0, 0.1) is 6.92 Å². The molecule has 1 aromatic rings. The Morgan fingerprint density at radius 2 is 2.14 bits per heavy atom. The van der Waals surface area contributed by atoms with Gasteiger partial charge in [0.05, 0.1) is 0 Å². The Hall–Kier alpha value is -1.16. The first-order valence-corrected chi connectivity index (χ1v) is 4.12. The van der Waals surface area contributed by atoms with Crippen LogP contribution in [0.2, 0.25) is 5.02 Å². The summed E-state index contributed by atoms with van der Waals surface area (Å²) in [4.78, 5) is 10.5. The predicted molar refractivity (Wildman–Crippen MR) is 48.2 cm³/mol. The van der Waals surface area contributed by atoms with E-state index in [0.29, 0.717) is 11.8 Å². The normalized spacial score (nSPS) is 10.4. The van der Waals surface area contributed by atoms with Gasteiger partial charge in [-0.1, -0.05) is 11.6 Å². The SMILES string of the molecule is Cc1c(C=O)cc(Cl)cc1OC(F)F. The van der Waals surface area contributed by atoms with Crippen LogP contribution >= 0.6 is 11.6 Å². The molecule has 0 aliphatic carbocycles. The highest BCUT2D eigenvalue weighted by atomic mass is 35.5. The first-order chi connectivity index (χ1) is 6.54. The van der Waals surface area contributed by atoms with E-state index >= 15 is 0 Å². The molecule has 0 saturated carbocycles. The summed E-state index contributed by atoms with van der Waals surface area (Å²) >= 11 is 5.60. The Labute approximate surface area is 84.4 Å². The predicted octanol–water partition coefficient (Wildman–Crippen LogP) is 3.06. The van der Waals surface area contributed by atoms with Crippen LogP contribution < -0.4 is 4.74 Å². The largest absolute Gasteiger partial charge is 0.434 e. The molecule has 0 aliphatic heterocycles. The van der Waals surface area contributed by atoms with Crippen LogP contribution in [0.3, 0.4) is 0 Å². The number of ether oxygens (including phenoxy) is 1. The molecule has 0 amide bonds. The topological polar surface area (TPSA) is 26.3 Å². The molecule has 1 aromatic carbocycles. The summed E-state index contributed by atoms with van der Waals surface area (Å²) in [5, 5.41) is 0.188. The monoisotopic (exact) mass is 220 g/mol. The van der Waals surface area contributed by atoms with Crippen molar-refractivity contribution in [3.05, 3.63) is 28.3 Å². The Bertz CT molecular complexity index is 353. The molecule has 2 nitrogen and oxygen atoms in total. The molecule has 1 rings (SSSR count). The molecule has 0 aromatic heterocycles. The van der Waals surface area contributed by atoms with E-state index in [9.17, 15) is 13.6 Å². The van der Waals surface area contributed by atoms with Crippen LogP contribution in [-0.4, -0.2) is 12.9 Å². The maximum atomic E-state index is 11.9. The highest BCUT2D eigenvalue weighted by Crippen LogP contribution is 2.27. The number of hydrogen-bond donors (Lipinski definition) is 0. The number of carbonyl (C=O) groups is 1. The van der Waals surface area contributed by atoms with Gasteiger partial charge >= 0.3 is 6.61 Å². The van der Waals surface area contributed by atoms with Crippen molar-refractivity contribution in [2.24, 2.45) is 0 Å². The summed E-state index contributed by atoms with van der Waals surface area (Å²) in [7, 11) is 0. The van der Waals surface area contributed by atoms with Crippen LogP contribution in [0.4, 0.5) is 8.78 Å². The van der Waals surface area contributed by atoms with Crippen LogP contribution in [0.25, 0.3) is 0 Å². The smallest absolute Gasteiger partial charge is 0.387 e. The minimum absolute atomic E-state index is 0.0744. The molecule has 0 fully saturated rings. The molecule has 0 aliphatic rings. The zero-order chi connectivity index (χ0) is 10.7. The molecule has 0 spiro atoms. The second kappa shape index (κ2) is 4.37. The van der Waals surface area contributed by atoms with Gasteiger partial charge in [-0.25, -0.2) is 0 Å². The number of aldehydes is 1. The maximum Gasteiger partial charge on any atom is 0.387 e. The fourth-order valence-corrected chi connectivity index (χ4v) is 1.23. The summed E-state index contributed by atoms with van der Waals surface area (Å²) in [6.45, 7) is -1.41.